The Morgan fingerprint density at radius 1 is 1.16 bits per heavy atom. The number of carbonyl (C=O) groups is 2. The van der Waals surface area contributed by atoms with Crippen molar-refractivity contribution in [3.05, 3.63) is 34.9 Å². The average Bonchev–Trinajstić information content (AvgIpc) is 2.38. The fraction of sp³-hybridized carbons (Fsp3) is 0.429. The minimum absolute atomic E-state index is 0.0113. The second-order valence-electron chi connectivity index (χ2n) is 4.19. The third kappa shape index (κ3) is 5.41. The molecule has 19 heavy (non-hydrogen) atoms. The Bertz CT molecular complexity index is 432. The number of hydrogen-bond donors (Lipinski definition) is 1. The Labute approximate surface area is 118 Å². The first-order chi connectivity index (χ1) is 9.06. The van der Waals surface area contributed by atoms with Crippen molar-refractivity contribution >= 4 is 23.3 Å². The molecule has 104 valence electrons. The van der Waals surface area contributed by atoms with Crippen molar-refractivity contribution in [1.82, 2.24) is 10.2 Å². The molecule has 0 bridgehead atoms. The molecule has 1 amide bonds. The van der Waals surface area contributed by atoms with Gasteiger partial charge in [-0.2, -0.15) is 0 Å². The van der Waals surface area contributed by atoms with Crippen LogP contribution in [0.4, 0.5) is 0 Å². The van der Waals surface area contributed by atoms with Gasteiger partial charge in [0.2, 0.25) is 5.91 Å². The number of carbonyl (C=O) groups excluding carboxylic acids is 2. The first-order valence-electron chi connectivity index (χ1n) is 6.34. The Morgan fingerprint density at radius 3 is 2.32 bits per heavy atom. The van der Waals surface area contributed by atoms with Gasteiger partial charge in [-0.05, 0) is 37.7 Å². The first kappa shape index (κ1) is 15.7. The van der Waals surface area contributed by atoms with Crippen molar-refractivity contribution in [2.45, 2.75) is 13.8 Å². The number of benzene rings is 1. The van der Waals surface area contributed by atoms with Crippen LogP contribution in [0.15, 0.2) is 24.3 Å². The normalized spacial score (nSPS) is 10.5. The number of amides is 1. The van der Waals surface area contributed by atoms with Crippen LogP contribution < -0.4 is 5.32 Å². The number of ketones is 1. The molecule has 0 aliphatic rings. The van der Waals surface area contributed by atoms with E-state index in [0.29, 0.717) is 23.7 Å². The zero-order valence-electron chi connectivity index (χ0n) is 11.3. The number of nitrogens with zero attached hydrogens (tertiary/aromatic N) is 1. The Balaban J connectivity index is 2.57. The summed E-state index contributed by atoms with van der Waals surface area (Å²) in [6.45, 7) is 5.51. The summed E-state index contributed by atoms with van der Waals surface area (Å²) in [5.41, 5.74) is 0.610. The fourth-order valence-electron chi connectivity index (χ4n) is 1.67. The number of Topliss-reactive ketones (excluding diaryl/α,β-unsaturated/α-hetero) is 1. The largest absolute Gasteiger partial charge is 0.355 e. The topological polar surface area (TPSA) is 49.4 Å². The number of hydrogen-bond acceptors (Lipinski definition) is 3. The van der Waals surface area contributed by atoms with Crippen LogP contribution in [-0.2, 0) is 4.79 Å². The maximum absolute atomic E-state index is 12.0. The molecule has 0 atom stereocenters. The van der Waals surface area contributed by atoms with Crippen molar-refractivity contribution in [3.63, 3.8) is 0 Å². The van der Waals surface area contributed by atoms with E-state index in [9.17, 15) is 9.59 Å². The standard InChI is InChI=1S/C14H19ClN2O2/c1-3-16-14(19)10-17(4-2)9-13(18)11-5-7-12(15)8-6-11/h5-8H,3-4,9-10H2,1-2H3,(H,16,19). The van der Waals surface area contributed by atoms with Gasteiger partial charge in [-0.3, -0.25) is 14.5 Å². The van der Waals surface area contributed by atoms with Crippen LogP contribution in [0.3, 0.4) is 0 Å². The molecule has 1 aromatic rings. The summed E-state index contributed by atoms with van der Waals surface area (Å²) in [6.07, 6.45) is 0. The Hall–Kier alpha value is -1.39. The summed E-state index contributed by atoms with van der Waals surface area (Å²) in [4.78, 5) is 25.3. The second-order valence-corrected chi connectivity index (χ2v) is 4.62. The van der Waals surface area contributed by atoms with Gasteiger partial charge in [-0.25, -0.2) is 0 Å². The summed E-state index contributed by atoms with van der Waals surface area (Å²) in [5.74, 6) is -0.0731. The molecular weight excluding hydrogens is 264 g/mol. The highest BCUT2D eigenvalue weighted by Crippen LogP contribution is 2.10. The van der Waals surface area contributed by atoms with Crippen LogP contribution in [0.1, 0.15) is 24.2 Å². The summed E-state index contributed by atoms with van der Waals surface area (Å²) in [6, 6.07) is 6.78. The molecule has 5 heteroatoms. The first-order valence-corrected chi connectivity index (χ1v) is 6.72. The molecule has 0 aromatic heterocycles. The maximum atomic E-state index is 12.0. The van der Waals surface area contributed by atoms with Crippen molar-refractivity contribution in [3.8, 4) is 0 Å². The van der Waals surface area contributed by atoms with Crippen molar-refractivity contribution in [2.24, 2.45) is 0 Å². The lowest BCUT2D eigenvalue weighted by Crippen LogP contribution is -2.39. The molecule has 1 rings (SSSR count). The van der Waals surface area contributed by atoms with E-state index in [1.807, 2.05) is 18.7 Å². The summed E-state index contributed by atoms with van der Waals surface area (Å²) in [5, 5.41) is 3.32. The van der Waals surface area contributed by atoms with E-state index in [1.54, 1.807) is 24.3 Å². The maximum Gasteiger partial charge on any atom is 0.234 e. The van der Waals surface area contributed by atoms with Gasteiger partial charge in [0, 0.05) is 17.1 Å². The third-order valence-corrected chi connectivity index (χ3v) is 2.97. The molecule has 0 aliphatic heterocycles. The van der Waals surface area contributed by atoms with Gasteiger partial charge >= 0.3 is 0 Å². The van der Waals surface area contributed by atoms with E-state index >= 15 is 0 Å². The molecule has 1 N–H and O–H groups in total. The molecule has 1 aromatic carbocycles. The van der Waals surface area contributed by atoms with E-state index in [2.05, 4.69) is 5.32 Å². The number of rotatable bonds is 7. The van der Waals surface area contributed by atoms with Gasteiger partial charge in [0.05, 0.1) is 13.1 Å². The molecule has 0 saturated carbocycles. The average molecular weight is 283 g/mol. The molecule has 0 aliphatic carbocycles. The fourth-order valence-corrected chi connectivity index (χ4v) is 1.79. The second kappa shape index (κ2) is 7.92. The molecule has 0 spiro atoms. The lowest BCUT2D eigenvalue weighted by molar-refractivity contribution is -0.121. The van der Waals surface area contributed by atoms with E-state index in [0.717, 1.165) is 0 Å². The minimum Gasteiger partial charge on any atom is -0.355 e. The van der Waals surface area contributed by atoms with Gasteiger partial charge in [-0.15, -0.1) is 0 Å². The van der Waals surface area contributed by atoms with Gasteiger partial charge in [0.1, 0.15) is 0 Å². The zero-order valence-corrected chi connectivity index (χ0v) is 12.0. The predicted molar refractivity (Wildman–Crippen MR) is 76.6 cm³/mol. The van der Waals surface area contributed by atoms with Crippen molar-refractivity contribution < 1.29 is 9.59 Å². The van der Waals surface area contributed by atoms with Crippen LogP contribution in [0.5, 0.6) is 0 Å². The van der Waals surface area contributed by atoms with Crippen molar-refractivity contribution in [1.29, 1.82) is 0 Å². The SMILES string of the molecule is CCNC(=O)CN(CC)CC(=O)c1ccc(Cl)cc1. The highest BCUT2D eigenvalue weighted by atomic mass is 35.5. The highest BCUT2D eigenvalue weighted by molar-refractivity contribution is 6.30. The smallest absolute Gasteiger partial charge is 0.234 e. The van der Waals surface area contributed by atoms with E-state index in [1.165, 1.54) is 0 Å². The quantitative estimate of drug-likeness (QED) is 0.778. The molecule has 0 heterocycles. The van der Waals surface area contributed by atoms with Crippen LogP contribution in [0.25, 0.3) is 0 Å². The molecule has 4 nitrogen and oxygen atoms in total. The minimum atomic E-state index is -0.0618. The summed E-state index contributed by atoms with van der Waals surface area (Å²) < 4.78 is 0. The molecule has 0 unspecified atom stereocenters. The van der Waals surface area contributed by atoms with Gasteiger partial charge in [-0.1, -0.05) is 18.5 Å². The van der Waals surface area contributed by atoms with Crippen LogP contribution >= 0.6 is 11.6 Å². The van der Waals surface area contributed by atoms with Crippen molar-refractivity contribution in [2.75, 3.05) is 26.2 Å². The Morgan fingerprint density at radius 2 is 1.79 bits per heavy atom. The van der Waals surface area contributed by atoms with Crippen LogP contribution in [0.2, 0.25) is 5.02 Å². The third-order valence-electron chi connectivity index (χ3n) is 2.72. The number of likely N-dealkylation sites (N-methyl/N-ethyl adjacent to an activating group) is 2. The molecular formula is C14H19ClN2O2. The lowest BCUT2D eigenvalue weighted by Gasteiger charge is -2.18. The zero-order chi connectivity index (χ0) is 14.3. The molecule has 0 radical (unpaired) electrons. The van der Waals surface area contributed by atoms with E-state index < -0.39 is 0 Å². The lowest BCUT2D eigenvalue weighted by atomic mass is 10.1. The van der Waals surface area contributed by atoms with Crippen LogP contribution in [-0.4, -0.2) is 42.8 Å². The van der Waals surface area contributed by atoms with Gasteiger partial charge < -0.3 is 5.32 Å². The van der Waals surface area contributed by atoms with Gasteiger partial charge in [0.25, 0.3) is 0 Å². The molecule has 0 fully saturated rings. The van der Waals surface area contributed by atoms with Gasteiger partial charge in [0.15, 0.2) is 5.78 Å². The Kier molecular flexibility index (Phi) is 6.53. The van der Waals surface area contributed by atoms with E-state index in [-0.39, 0.29) is 24.8 Å². The van der Waals surface area contributed by atoms with Crippen LogP contribution in [0, 0.1) is 0 Å². The number of nitrogens with one attached hydrogen (secondary N) is 1. The summed E-state index contributed by atoms with van der Waals surface area (Å²) in [7, 11) is 0. The van der Waals surface area contributed by atoms with E-state index in [4.69, 9.17) is 11.6 Å². The molecule has 0 saturated heterocycles. The number of halogens is 1. The highest BCUT2D eigenvalue weighted by Gasteiger charge is 2.13. The predicted octanol–water partition coefficient (Wildman–Crippen LogP) is 1.98. The monoisotopic (exact) mass is 282 g/mol. The summed E-state index contributed by atoms with van der Waals surface area (Å²) >= 11 is 5.78.